The zero-order valence-corrected chi connectivity index (χ0v) is 9.86. The van der Waals surface area contributed by atoms with Crippen LogP contribution in [0.5, 0.6) is 0 Å². The number of carbonyl (C=O) groups excluding carboxylic acids is 1. The molecule has 0 atom stereocenters. The molecule has 2 heterocycles. The van der Waals surface area contributed by atoms with E-state index in [-0.39, 0.29) is 22.3 Å². The Hall–Kier alpha value is -2.42. The number of nitrogens with one attached hydrogen (secondary N) is 2. The van der Waals surface area contributed by atoms with Gasteiger partial charge in [0.2, 0.25) is 0 Å². The van der Waals surface area contributed by atoms with Gasteiger partial charge in [-0.1, -0.05) is 11.3 Å². The zero-order valence-electron chi connectivity index (χ0n) is 9.04. The molecule has 9 heteroatoms. The summed E-state index contributed by atoms with van der Waals surface area (Å²) in [4.78, 5) is 21.9. The number of H-pyrrole nitrogens is 1. The van der Waals surface area contributed by atoms with Crippen molar-refractivity contribution in [2.45, 2.75) is 6.54 Å². The topological polar surface area (TPSA) is 127 Å². The van der Waals surface area contributed by atoms with Crippen LogP contribution in [0.25, 0.3) is 0 Å². The average Bonchev–Trinajstić information content (AvgIpc) is 2.94. The van der Waals surface area contributed by atoms with Crippen LogP contribution < -0.4 is 11.1 Å². The number of amides is 1. The van der Waals surface area contributed by atoms with Gasteiger partial charge in [0, 0.05) is 18.2 Å². The Labute approximate surface area is 105 Å². The third-order valence-electron chi connectivity index (χ3n) is 2.19. The van der Waals surface area contributed by atoms with E-state index < -0.39 is 4.92 Å². The second-order valence-corrected chi connectivity index (χ2v) is 4.45. The van der Waals surface area contributed by atoms with E-state index >= 15 is 0 Å². The van der Waals surface area contributed by atoms with E-state index in [1.54, 1.807) is 0 Å². The quantitative estimate of drug-likeness (QED) is 0.560. The van der Waals surface area contributed by atoms with E-state index in [2.05, 4.69) is 15.5 Å². The highest BCUT2D eigenvalue weighted by atomic mass is 32.1. The molecule has 18 heavy (non-hydrogen) atoms. The van der Waals surface area contributed by atoms with Crippen molar-refractivity contribution in [1.82, 2.24) is 15.5 Å². The number of rotatable bonds is 4. The number of nitrogens with zero attached hydrogens (tertiary/aromatic N) is 2. The van der Waals surface area contributed by atoms with Gasteiger partial charge in [0.15, 0.2) is 0 Å². The van der Waals surface area contributed by atoms with Gasteiger partial charge in [0.1, 0.15) is 5.82 Å². The average molecular weight is 267 g/mol. The fourth-order valence-corrected chi connectivity index (χ4v) is 2.01. The largest absolute Gasteiger partial charge is 0.384 e. The van der Waals surface area contributed by atoms with Gasteiger partial charge in [-0.05, 0) is 6.07 Å². The molecular formula is C9H9N5O3S. The molecule has 0 saturated heterocycles. The van der Waals surface area contributed by atoms with E-state index in [9.17, 15) is 14.9 Å². The van der Waals surface area contributed by atoms with E-state index in [1.807, 2.05) is 0 Å². The lowest BCUT2D eigenvalue weighted by Crippen LogP contribution is -2.22. The van der Waals surface area contributed by atoms with Gasteiger partial charge in [-0.25, -0.2) is 0 Å². The van der Waals surface area contributed by atoms with E-state index in [1.165, 1.54) is 18.3 Å². The molecule has 8 nitrogen and oxygen atoms in total. The Kier molecular flexibility index (Phi) is 3.24. The predicted octanol–water partition coefficient (Wildman–Crippen LogP) is 0.892. The Morgan fingerprint density at radius 1 is 1.61 bits per heavy atom. The van der Waals surface area contributed by atoms with Crippen LogP contribution in [0.4, 0.5) is 10.8 Å². The molecule has 0 aliphatic carbocycles. The molecule has 0 radical (unpaired) electrons. The van der Waals surface area contributed by atoms with E-state index in [0.29, 0.717) is 11.4 Å². The van der Waals surface area contributed by atoms with E-state index in [0.717, 1.165) is 11.3 Å². The molecule has 0 unspecified atom stereocenters. The summed E-state index contributed by atoms with van der Waals surface area (Å²) >= 11 is 0.825. The van der Waals surface area contributed by atoms with Crippen LogP contribution in [0.3, 0.4) is 0 Å². The minimum absolute atomic E-state index is 0.0667. The maximum atomic E-state index is 11.7. The lowest BCUT2D eigenvalue weighted by molar-refractivity contribution is -0.380. The summed E-state index contributed by atoms with van der Waals surface area (Å²) in [6, 6.07) is 2.71. The van der Waals surface area contributed by atoms with Crippen LogP contribution in [0.1, 0.15) is 15.2 Å². The van der Waals surface area contributed by atoms with Gasteiger partial charge in [0.25, 0.3) is 5.91 Å². The van der Waals surface area contributed by atoms with Gasteiger partial charge < -0.3 is 11.1 Å². The van der Waals surface area contributed by atoms with Crippen molar-refractivity contribution in [2.75, 3.05) is 5.73 Å². The molecule has 0 aromatic carbocycles. The number of nitrogens with two attached hydrogens (primary N) is 1. The molecule has 2 rings (SSSR count). The second-order valence-electron chi connectivity index (χ2n) is 3.39. The number of nitro groups is 1. The first-order valence-corrected chi connectivity index (χ1v) is 5.69. The standard InChI is InChI=1S/C9H9N5O3S/c10-8-5(4-12-13-8)3-11-9(15)6-1-2-7(18-6)14(16)17/h1-2,4H,3H2,(H,11,15)(H3,10,12,13). The SMILES string of the molecule is Nc1[nH]ncc1CNC(=O)c1ccc([N+](=O)[O-])s1. The van der Waals surface area contributed by atoms with Crippen molar-refractivity contribution < 1.29 is 9.72 Å². The van der Waals surface area contributed by atoms with Gasteiger partial charge >= 0.3 is 5.00 Å². The summed E-state index contributed by atoms with van der Waals surface area (Å²) in [5.41, 5.74) is 6.21. The summed E-state index contributed by atoms with van der Waals surface area (Å²) in [6.07, 6.45) is 1.51. The maximum absolute atomic E-state index is 11.7. The molecule has 0 saturated carbocycles. The smallest absolute Gasteiger partial charge is 0.324 e. The van der Waals surface area contributed by atoms with Gasteiger partial charge in [-0.15, -0.1) is 0 Å². The molecule has 0 spiro atoms. The maximum Gasteiger partial charge on any atom is 0.324 e. The lowest BCUT2D eigenvalue weighted by atomic mass is 10.3. The number of nitrogen functional groups attached to an aromatic ring is 1. The van der Waals surface area contributed by atoms with Crippen LogP contribution in [-0.4, -0.2) is 21.0 Å². The number of hydrogen-bond acceptors (Lipinski definition) is 6. The number of aromatic amines is 1. The lowest BCUT2D eigenvalue weighted by Gasteiger charge is -2.01. The summed E-state index contributed by atoms with van der Waals surface area (Å²) in [5, 5.41) is 19.3. The Bertz CT molecular complexity index is 591. The summed E-state index contributed by atoms with van der Waals surface area (Å²) in [6.45, 7) is 0.215. The van der Waals surface area contributed by atoms with Crippen LogP contribution in [0, 0.1) is 10.1 Å². The molecule has 2 aromatic heterocycles. The number of anilines is 1. The summed E-state index contributed by atoms with van der Waals surface area (Å²) in [5.74, 6) is 0.00107. The Balaban J connectivity index is 1.99. The number of aromatic nitrogens is 2. The first kappa shape index (κ1) is 12.0. The van der Waals surface area contributed by atoms with Crippen molar-refractivity contribution in [3.05, 3.63) is 38.9 Å². The van der Waals surface area contributed by atoms with E-state index in [4.69, 9.17) is 5.73 Å². The molecule has 4 N–H and O–H groups in total. The molecular weight excluding hydrogens is 258 g/mol. The Morgan fingerprint density at radius 3 is 2.94 bits per heavy atom. The minimum atomic E-state index is -0.532. The highest BCUT2D eigenvalue weighted by molar-refractivity contribution is 7.17. The molecule has 0 aliphatic heterocycles. The van der Waals surface area contributed by atoms with Crippen LogP contribution >= 0.6 is 11.3 Å². The number of thiophene rings is 1. The highest BCUT2D eigenvalue weighted by Crippen LogP contribution is 2.23. The number of hydrogen-bond donors (Lipinski definition) is 3. The van der Waals surface area contributed by atoms with Crippen LogP contribution in [0.2, 0.25) is 0 Å². The van der Waals surface area contributed by atoms with Gasteiger partial charge in [-0.2, -0.15) is 5.10 Å². The van der Waals surface area contributed by atoms with Crippen molar-refractivity contribution in [1.29, 1.82) is 0 Å². The molecule has 1 amide bonds. The second kappa shape index (κ2) is 4.84. The zero-order chi connectivity index (χ0) is 13.1. The fraction of sp³-hybridized carbons (Fsp3) is 0.111. The third-order valence-corrected chi connectivity index (χ3v) is 3.22. The molecule has 0 aliphatic rings. The van der Waals surface area contributed by atoms with Crippen molar-refractivity contribution in [3.63, 3.8) is 0 Å². The number of carbonyl (C=O) groups is 1. The molecule has 94 valence electrons. The first-order chi connectivity index (χ1) is 8.58. The van der Waals surface area contributed by atoms with Crippen molar-refractivity contribution in [2.24, 2.45) is 0 Å². The first-order valence-electron chi connectivity index (χ1n) is 4.88. The van der Waals surface area contributed by atoms with Crippen LogP contribution in [0.15, 0.2) is 18.3 Å². The summed E-state index contributed by atoms with van der Waals surface area (Å²) < 4.78 is 0. The van der Waals surface area contributed by atoms with Gasteiger partial charge in [0.05, 0.1) is 16.0 Å². The molecule has 0 bridgehead atoms. The predicted molar refractivity (Wildman–Crippen MR) is 65.1 cm³/mol. The third kappa shape index (κ3) is 2.46. The molecule has 0 fully saturated rings. The van der Waals surface area contributed by atoms with Crippen LogP contribution in [-0.2, 0) is 6.54 Å². The normalized spacial score (nSPS) is 10.2. The van der Waals surface area contributed by atoms with Gasteiger partial charge in [-0.3, -0.25) is 20.0 Å². The Morgan fingerprint density at radius 2 is 2.39 bits per heavy atom. The summed E-state index contributed by atoms with van der Waals surface area (Å²) in [7, 11) is 0. The van der Waals surface area contributed by atoms with Crippen molar-refractivity contribution in [3.8, 4) is 0 Å². The highest BCUT2D eigenvalue weighted by Gasteiger charge is 2.15. The monoisotopic (exact) mass is 267 g/mol. The fourth-order valence-electron chi connectivity index (χ4n) is 1.27. The molecule has 2 aromatic rings. The minimum Gasteiger partial charge on any atom is -0.384 e. The van der Waals surface area contributed by atoms with Crippen molar-refractivity contribution >= 4 is 28.1 Å².